The number of aliphatic hydroxyl groups is 1. The van der Waals surface area contributed by atoms with Gasteiger partial charge in [-0.2, -0.15) is 0 Å². The van der Waals surface area contributed by atoms with Crippen LogP contribution in [0.2, 0.25) is 0 Å². The zero-order valence-electron chi connectivity index (χ0n) is 14.2. The summed E-state index contributed by atoms with van der Waals surface area (Å²) in [6.07, 6.45) is 1.06. The number of rotatable bonds is 7. The van der Waals surface area contributed by atoms with E-state index in [0.29, 0.717) is 18.9 Å². The van der Waals surface area contributed by atoms with Crippen molar-refractivity contribution in [2.45, 2.75) is 13.0 Å². The van der Waals surface area contributed by atoms with Crippen LogP contribution in [-0.4, -0.2) is 60.8 Å². The molecule has 24 heavy (non-hydrogen) atoms. The SMILES string of the molecule is Cc1ccccc1OCCN1CCN(C[C@@H](O)c2ccco2)CC1. The number of aryl methyl sites for hydroxylation is 1. The summed E-state index contributed by atoms with van der Waals surface area (Å²) < 4.78 is 11.1. The number of β-amino-alcohol motifs (C(OH)–C–C–N with tert-alkyl or cyclic N) is 1. The molecule has 0 saturated carbocycles. The molecule has 2 aromatic rings. The number of para-hydroxylation sites is 1. The molecule has 1 saturated heterocycles. The van der Waals surface area contributed by atoms with E-state index in [4.69, 9.17) is 9.15 Å². The highest BCUT2D eigenvalue weighted by molar-refractivity contribution is 5.31. The number of benzene rings is 1. The van der Waals surface area contributed by atoms with E-state index in [1.807, 2.05) is 30.3 Å². The van der Waals surface area contributed by atoms with Gasteiger partial charge in [0.15, 0.2) is 0 Å². The Morgan fingerprint density at radius 3 is 2.54 bits per heavy atom. The molecule has 1 fully saturated rings. The summed E-state index contributed by atoms with van der Waals surface area (Å²) in [5.41, 5.74) is 1.18. The Morgan fingerprint density at radius 1 is 1.08 bits per heavy atom. The smallest absolute Gasteiger partial charge is 0.133 e. The van der Waals surface area contributed by atoms with E-state index in [2.05, 4.69) is 22.8 Å². The van der Waals surface area contributed by atoms with E-state index in [-0.39, 0.29) is 0 Å². The second-order valence-corrected chi connectivity index (χ2v) is 6.29. The highest BCUT2D eigenvalue weighted by Gasteiger charge is 2.20. The minimum Gasteiger partial charge on any atom is -0.492 e. The van der Waals surface area contributed by atoms with Gasteiger partial charge in [-0.05, 0) is 30.7 Å². The van der Waals surface area contributed by atoms with Crippen molar-refractivity contribution in [3.63, 3.8) is 0 Å². The zero-order valence-corrected chi connectivity index (χ0v) is 14.2. The first-order valence-electron chi connectivity index (χ1n) is 8.57. The van der Waals surface area contributed by atoms with Gasteiger partial charge in [-0.1, -0.05) is 18.2 Å². The third-order valence-electron chi connectivity index (χ3n) is 4.53. The normalized spacial score (nSPS) is 17.8. The fourth-order valence-corrected chi connectivity index (χ4v) is 3.01. The first kappa shape index (κ1) is 17.0. The third-order valence-corrected chi connectivity index (χ3v) is 4.53. The van der Waals surface area contributed by atoms with Crippen LogP contribution in [0, 0.1) is 6.92 Å². The highest BCUT2D eigenvalue weighted by atomic mass is 16.5. The van der Waals surface area contributed by atoms with Crippen molar-refractivity contribution in [1.29, 1.82) is 0 Å². The fraction of sp³-hybridized carbons (Fsp3) is 0.474. The average molecular weight is 330 g/mol. The van der Waals surface area contributed by atoms with Gasteiger partial charge in [0.1, 0.15) is 24.2 Å². The van der Waals surface area contributed by atoms with Crippen molar-refractivity contribution in [3.05, 3.63) is 54.0 Å². The molecule has 2 heterocycles. The van der Waals surface area contributed by atoms with Crippen LogP contribution >= 0.6 is 0 Å². The van der Waals surface area contributed by atoms with Crippen molar-refractivity contribution in [2.75, 3.05) is 45.9 Å². The van der Waals surface area contributed by atoms with Crippen molar-refractivity contribution in [3.8, 4) is 5.75 Å². The molecular weight excluding hydrogens is 304 g/mol. The second kappa shape index (κ2) is 8.33. The number of nitrogens with zero attached hydrogens (tertiary/aromatic N) is 2. The van der Waals surface area contributed by atoms with Crippen LogP contribution in [0.5, 0.6) is 5.75 Å². The summed E-state index contributed by atoms with van der Waals surface area (Å²) in [6, 6.07) is 11.8. The lowest BCUT2D eigenvalue weighted by molar-refractivity contribution is 0.0580. The van der Waals surface area contributed by atoms with Crippen LogP contribution in [0.4, 0.5) is 0 Å². The highest BCUT2D eigenvalue weighted by Crippen LogP contribution is 2.17. The molecule has 1 atom stereocenters. The van der Waals surface area contributed by atoms with Gasteiger partial charge in [0, 0.05) is 39.3 Å². The van der Waals surface area contributed by atoms with Crippen molar-refractivity contribution < 1.29 is 14.3 Å². The van der Waals surface area contributed by atoms with E-state index >= 15 is 0 Å². The largest absolute Gasteiger partial charge is 0.492 e. The maximum Gasteiger partial charge on any atom is 0.133 e. The summed E-state index contributed by atoms with van der Waals surface area (Å²) in [7, 11) is 0. The Morgan fingerprint density at radius 2 is 1.83 bits per heavy atom. The summed E-state index contributed by atoms with van der Waals surface area (Å²) in [6.45, 7) is 8.26. The molecule has 5 heteroatoms. The summed E-state index contributed by atoms with van der Waals surface area (Å²) in [5.74, 6) is 1.61. The van der Waals surface area contributed by atoms with Crippen molar-refractivity contribution >= 4 is 0 Å². The summed E-state index contributed by atoms with van der Waals surface area (Å²) in [4.78, 5) is 4.69. The second-order valence-electron chi connectivity index (χ2n) is 6.29. The molecular formula is C19H26N2O3. The number of hydrogen-bond acceptors (Lipinski definition) is 5. The predicted molar refractivity (Wildman–Crippen MR) is 93.2 cm³/mol. The predicted octanol–water partition coefficient (Wildman–Crippen LogP) is 2.32. The molecule has 0 radical (unpaired) electrons. The third kappa shape index (κ3) is 4.60. The topological polar surface area (TPSA) is 49.1 Å². The Hall–Kier alpha value is -1.82. The van der Waals surface area contributed by atoms with Gasteiger partial charge in [-0.15, -0.1) is 0 Å². The lowest BCUT2D eigenvalue weighted by Gasteiger charge is -2.35. The molecule has 0 aliphatic carbocycles. The molecule has 0 bridgehead atoms. The standard InChI is InChI=1S/C19H26N2O3/c1-16-5-2-3-6-18(16)24-14-12-20-8-10-21(11-9-20)15-17(22)19-7-4-13-23-19/h2-7,13,17,22H,8-12,14-15H2,1H3/t17-/m1/s1. The average Bonchev–Trinajstić information content (AvgIpc) is 3.13. The van der Waals surface area contributed by atoms with Crippen LogP contribution in [0.3, 0.4) is 0 Å². The molecule has 5 nitrogen and oxygen atoms in total. The van der Waals surface area contributed by atoms with Gasteiger partial charge >= 0.3 is 0 Å². The molecule has 0 amide bonds. The molecule has 130 valence electrons. The number of ether oxygens (including phenoxy) is 1. The first-order valence-corrected chi connectivity index (χ1v) is 8.57. The molecule has 1 aromatic heterocycles. The number of hydrogen-bond donors (Lipinski definition) is 1. The van der Waals surface area contributed by atoms with Crippen molar-refractivity contribution in [2.24, 2.45) is 0 Å². The Labute approximate surface area is 143 Å². The molecule has 0 unspecified atom stereocenters. The van der Waals surface area contributed by atoms with E-state index in [9.17, 15) is 5.11 Å². The lowest BCUT2D eigenvalue weighted by atomic mass is 10.2. The summed E-state index contributed by atoms with van der Waals surface area (Å²) >= 11 is 0. The van der Waals surface area contributed by atoms with E-state index in [0.717, 1.165) is 38.5 Å². The Kier molecular flexibility index (Phi) is 5.91. The first-order chi connectivity index (χ1) is 11.7. The number of aliphatic hydroxyl groups excluding tert-OH is 1. The van der Waals surface area contributed by atoms with Crippen molar-refractivity contribution in [1.82, 2.24) is 9.80 Å². The molecule has 1 aliphatic heterocycles. The molecule has 0 spiro atoms. The van der Waals surface area contributed by atoms with E-state index < -0.39 is 6.10 Å². The van der Waals surface area contributed by atoms with E-state index in [1.54, 1.807) is 6.26 Å². The van der Waals surface area contributed by atoms with Crippen LogP contribution < -0.4 is 4.74 Å². The minimum absolute atomic E-state index is 0.545. The van der Waals surface area contributed by atoms with Gasteiger partial charge in [-0.3, -0.25) is 9.80 Å². The van der Waals surface area contributed by atoms with Crippen LogP contribution in [0.1, 0.15) is 17.4 Å². The van der Waals surface area contributed by atoms with Crippen LogP contribution in [0.25, 0.3) is 0 Å². The van der Waals surface area contributed by atoms with Gasteiger partial charge in [0.2, 0.25) is 0 Å². The maximum atomic E-state index is 10.2. The van der Waals surface area contributed by atoms with E-state index in [1.165, 1.54) is 5.56 Å². The molecule has 1 aliphatic rings. The molecule has 1 aromatic carbocycles. The van der Waals surface area contributed by atoms with Gasteiger partial charge in [0.25, 0.3) is 0 Å². The van der Waals surface area contributed by atoms with Gasteiger partial charge in [0.05, 0.1) is 6.26 Å². The lowest BCUT2D eigenvalue weighted by Crippen LogP contribution is -2.48. The monoisotopic (exact) mass is 330 g/mol. The van der Waals surface area contributed by atoms with Gasteiger partial charge < -0.3 is 14.3 Å². The minimum atomic E-state index is -0.545. The number of piperazine rings is 1. The van der Waals surface area contributed by atoms with Crippen LogP contribution in [0.15, 0.2) is 47.1 Å². The van der Waals surface area contributed by atoms with Gasteiger partial charge in [-0.25, -0.2) is 0 Å². The van der Waals surface area contributed by atoms with Crippen LogP contribution in [-0.2, 0) is 0 Å². The Balaban J connectivity index is 1.35. The summed E-state index contributed by atoms with van der Waals surface area (Å²) in [5, 5.41) is 10.2. The Bertz CT molecular complexity index is 607. The quantitative estimate of drug-likeness (QED) is 0.844. The molecule has 1 N–H and O–H groups in total. The molecule has 3 rings (SSSR count). The maximum absolute atomic E-state index is 10.2. The number of furan rings is 1. The zero-order chi connectivity index (χ0) is 16.8. The fourth-order valence-electron chi connectivity index (χ4n) is 3.01.